The van der Waals surface area contributed by atoms with Gasteiger partial charge >= 0.3 is 0 Å². The Morgan fingerprint density at radius 3 is 2.48 bits per heavy atom. The maximum atomic E-state index is 12.7. The van der Waals surface area contributed by atoms with Crippen LogP contribution < -0.4 is 5.32 Å². The molecule has 0 saturated carbocycles. The summed E-state index contributed by atoms with van der Waals surface area (Å²) < 4.78 is 5.60. The van der Waals surface area contributed by atoms with Gasteiger partial charge in [-0.15, -0.1) is 0 Å². The number of piperazine rings is 1. The highest BCUT2D eigenvalue weighted by Crippen LogP contribution is 2.24. The zero-order valence-electron chi connectivity index (χ0n) is 12.6. The van der Waals surface area contributed by atoms with E-state index < -0.39 is 0 Å². The molecule has 6 nitrogen and oxygen atoms in total. The smallest absolute Gasteiger partial charge is 0.252 e. The minimum Gasteiger partial charge on any atom is -0.368 e. The highest BCUT2D eigenvalue weighted by Gasteiger charge is 2.39. The molecular formula is C15H25N3O3. The van der Waals surface area contributed by atoms with E-state index in [1.807, 2.05) is 4.90 Å². The van der Waals surface area contributed by atoms with Crippen LogP contribution in [0.2, 0.25) is 0 Å². The molecule has 3 aliphatic heterocycles. The topological polar surface area (TPSA) is 61.9 Å². The fourth-order valence-corrected chi connectivity index (χ4v) is 3.50. The van der Waals surface area contributed by atoms with Gasteiger partial charge in [0.25, 0.3) is 5.91 Å². The van der Waals surface area contributed by atoms with Gasteiger partial charge in [0.2, 0.25) is 5.91 Å². The molecule has 3 rings (SSSR count). The molecule has 0 bridgehead atoms. The van der Waals surface area contributed by atoms with Gasteiger partial charge in [0.05, 0.1) is 0 Å². The molecule has 1 N–H and O–H groups in total. The van der Waals surface area contributed by atoms with Crippen molar-refractivity contribution in [1.82, 2.24) is 15.1 Å². The Balaban J connectivity index is 1.63. The van der Waals surface area contributed by atoms with Gasteiger partial charge in [0.1, 0.15) is 12.1 Å². The van der Waals surface area contributed by atoms with E-state index in [-0.39, 0.29) is 24.0 Å². The number of likely N-dealkylation sites (tertiary alicyclic amines) is 1. The van der Waals surface area contributed by atoms with Crippen molar-refractivity contribution < 1.29 is 14.3 Å². The van der Waals surface area contributed by atoms with Crippen molar-refractivity contribution in [3.8, 4) is 0 Å². The SMILES string of the molecule is O=C(C1CCCN1C(=O)C1CCCCO1)N1CCNCC1. The predicted molar refractivity (Wildman–Crippen MR) is 77.8 cm³/mol. The molecule has 2 atom stereocenters. The molecular weight excluding hydrogens is 270 g/mol. The number of hydrogen-bond acceptors (Lipinski definition) is 4. The van der Waals surface area contributed by atoms with Crippen LogP contribution in [0.15, 0.2) is 0 Å². The largest absolute Gasteiger partial charge is 0.368 e. The van der Waals surface area contributed by atoms with E-state index in [9.17, 15) is 9.59 Å². The van der Waals surface area contributed by atoms with Crippen LogP contribution >= 0.6 is 0 Å². The van der Waals surface area contributed by atoms with Gasteiger partial charge in [0, 0.05) is 39.3 Å². The molecule has 0 radical (unpaired) electrons. The number of amides is 2. The summed E-state index contributed by atoms with van der Waals surface area (Å²) in [4.78, 5) is 29.0. The third kappa shape index (κ3) is 3.21. The normalized spacial score (nSPS) is 30.5. The number of rotatable bonds is 2. The van der Waals surface area contributed by atoms with Crippen molar-refractivity contribution in [3.05, 3.63) is 0 Å². The van der Waals surface area contributed by atoms with E-state index >= 15 is 0 Å². The Morgan fingerprint density at radius 1 is 0.952 bits per heavy atom. The molecule has 2 unspecified atom stereocenters. The van der Waals surface area contributed by atoms with Crippen LogP contribution in [0.1, 0.15) is 32.1 Å². The van der Waals surface area contributed by atoms with Crippen LogP contribution in [-0.2, 0) is 14.3 Å². The molecule has 2 amide bonds. The zero-order valence-corrected chi connectivity index (χ0v) is 12.6. The second-order valence-electron chi connectivity index (χ2n) is 6.12. The first-order chi connectivity index (χ1) is 10.3. The number of ether oxygens (including phenoxy) is 1. The van der Waals surface area contributed by atoms with Gasteiger partial charge in [-0.1, -0.05) is 0 Å². The summed E-state index contributed by atoms with van der Waals surface area (Å²) in [7, 11) is 0. The van der Waals surface area contributed by atoms with E-state index in [4.69, 9.17) is 4.74 Å². The number of hydrogen-bond donors (Lipinski definition) is 1. The van der Waals surface area contributed by atoms with Crippen molar-refractivity contribution in [2.45, 2.75) is 44.2 Å². The summed E-state index contributed by atoms with van der Waals surface area (Å²) in [5.74, 6) is 0.152. The summed E-state index contributed by atoms with van der Waals surface area (Å²) in [6.45, 7) is 4.55. The summed E-state index contributed by atoms with van der Waals surface area (Å²) >= 11 is 0. The lowest BCUT2D eigenvalue weighted by atomic mass is 10.1. The molecule has 6 heteroatoms. The third-order valence-corrected chi connectivity index (χ3v) is 4.70. The fraction of sp³-hybridized carbons (Fsp3) is 0.867. The second kappa shape index (κ2) is 6.75. The van der Waals surface area contributed by atoms with E-state index in [1.165, 1.54) is 0 Å². The van der Waals surface area contributed by atoms with Crippen molar-refractivity contribution >= 4 is 11.8 Å². The summed E-state index contributed by atoms with van der Waals surface area (Å²) in [6.07, 6.45) is 4.26. The molecule has 21 heavy (non-hydrogen) atoms. The highest BCUT2D eigenvalue weighted by atomic mass is 16.5. The average Bonchev–Trinajstić information content (AvgIpc) is 3.04. The number of carbonyl (C=O) groups excluding carboxylic acids is 2. The first-order valence-electron chi connectivity index (χ1n) is 8.19. The molecule has 0 aliphatic carbocycles. The zero-order chi connectivity index (χ0) is 14.7. The van der Waals surface area contributed by atoms with Crippen molar-refractivity contribution in [2.75, 3.05) is 39.3 Å². The molecule has 0 aromatic heterocycles. The number of carbonyl (C=O) groups is 2. The quantitative estimate of drug-likeness (QED) is 0.778. The van der Waals surface area contributed by atoms with Gasteiger partial charge in [-0.2, -0.15) is 0 Å². The van der Waals surface area contributed by atoms with E-state index in [1.54, 1.807) is 4.90 Å². The minimum atomic E-state index is -0.324. The predicted octanol–water partition coefficient (Wildman–Crippen LogP) is -0.0217. The lowest BCUT2D eigenvalue weighted by Gasteiger charge is -2.34. The molecule has 3 heterocycles. The van der Waals surface area contributed by atoms with Crippen LogP contribution in [0.3, 0.4) is 0 Å². The third-order valence-electron chi connectivity index (χ3n) is 4.70. The summed E-state index contributed by atoms with van der Waals surface area (Å²) in [5.41, 5.74) is 0. The van der Waals surface area contributed by atoms with Crippen molar-refractivity contribution in [1.29, 1.82) is 0 Å². The molecule has 118 valence electrons. The minimum absolute atomic E-state index is 0.0284. The maximum Gasteiger partial charge on any atom is 0.252 e. The lowest BCUT2D eigenvalue weighted by molar-refractivity contribution is -0.153. The van der Waals surface area contributed by atoms with Gasteiger partial charge in [-0.05, 0) is 32.1 Å². The summed E-state index contributed by atoms with van der Waals surface area (Å²) in [5, 5.41) is 3.25. The van der Waals surface area contributed by atoms with E-state index in [0.29, 0.717) is 13.2 Å². The Labute approximate surface area is 125 Å². The van der Waals surface area contributed by atoms with Crippen LogP contribution in [0, 0.1) is 0 Å². The van der Waals surface area contributed by atoms with E-state index in [2.05, 4.69) is 5.32 Å². The summed E-state index contributed by atoms with van der Waals surface area (Å²) in [6, 6.07) is -0.263. The number of nitrogens with zero attached hydrogens (tertiary/aromatic N) is 2. The molecule has 3 saturated heterocycles. The maximum absolute atomic E-state index is 12.7. The van der Waals surface area contributed by atoms with Crippen LogP contribution in [-0.4, -0.2) is 73.1 Å². The fourth-order valence-electron chi connectivity index (χ4n) is 3.50. The van der Waals surface area contributed by atoms with E-state index in [0.717, 1.165) is 58.3 Å². The van der Waals surface area contributed by atoms with Gasteiger partial charge in [0.15, 0.2) is 0 Å². The monoisotopic (exact) mass is 295 g/mol. The van der Waals surface area contributed by atoms with Gasteiger partial charge < -0.3 is 19.9 Å². The molecule has 0 spiro atoms. The first kappa shape index (κ1) is 14.8. The standard InChI is InChI=1S/C15H25N3O3/c19-14(17-9-6-16-7-10-17)12-4-3-8-18(12)15(20)13-5-1-2-11-21-13/h12-13,16H,1-11H2. The van der Waals surface area contributed by atoms with Gasteiger partial charge in [-0.25, -0.2) is 0 Å². The molecule has 0 aromatic rings. The lowest BCUT2D eigenvalue weighted by Crippen LogP contribution is -2.55. The Hall–Kier alpha value is -1.14. The number of nitrogens with one attached hydrogen (secondary N) is 1. The molecule has 3 aliphatic rings. The van der Waals surface area contributed by atoms with Gasteiger partial charge in [-0.3, -0.25) is 9.59 Å². The molecule has 0 aromatic carbocycles. The first-order valence-corrected chi connectivity index (χ1v) is 8.19. The van der Waals surface area contributed by atoms with Crippen LogP contribution in [0.25, 0.3) is 0 Å². The Kier molecular flexibility index (Phi) is 4.75. The Morgan fingerprint density at radius 2 is 1.76 bits per heavy atom. The average molecular weight is 295 g/mol. The second-order valence-corrected chi connectivity index (χ2v) is 6.12. The highest BCUT2D eigenvalue weighted by molar-refractivity contribution is 5.90. The van der Waals surface area contributed by atoms with Crippen LogP contribution in [0.4, 0.5) is 0 Å². The Bertz CT molecular complexity index is 354. The molecule has 3 fully saturated rings. The van der Waals surface area contributed by atoms with Crippen molar-refractivity contribution in [3.63, 3.8) is 0 Å². The van der Waals surface area contributed by atoms with Crippen molar-refractivity contribution in [2.24, 2.45) is 0 Å². The van der Waals surface area contributed by atoms with Crippen LogP contribution in [0.5, 0.6) is 0 Å².